The van der Waals surface area contributed by atoms with Gasteiger partial charge in [0.1, 0.15) is 11.4 Å². The SMILES string of the molecule is Cc1cnc2[nH]c3c(OCCCN4CCC(O)CC4)ccc(-c4cccc(S(=O)(=O)C5CC5)c4)c3c2c1. The van der Waals surface area contributed by atoms with E-state index in [-0.39, 0.29) is 11.4 Å². The van der Waals surface area contributed by atoms with Crippen molar-refractivity contribution in [2.24, 2.45) is 0 Å². The Morgan fingerprint density at radius 1 is 1.11 bits per heavy atom. The number of benzene rings is 2. The Labute approximate surface area is 217 Å². The number of fused-ring (bicyclic) bond motifs is 3. The summed E-state index contributed by atoms with van der Waals surface area (Å²) in [7, 11) is -3.28. The maximum absolute atomic E-state index is 12.9. The third kappa shape index (κ3) is 4.85. The number of aliphatic hydroxyl groups excluding tert-OH is 1. The molecule has 2 fully saturated rings. The van der Waals surface area contributed by atoms with Crippen LogP contribution in [-0.2, 0) is 9.84 Å². The third-order valence-corrected chi connectivity index (χ3v) is 9.83. The van der Waals surface area contributed by atoms with E-state index in [1.54, 1.807) is 12.1 Å². The number of aryl methyl sites for hydroxylation is 1. The Morgan fingerprint density at radius 3 is 2.70 bits per heavy atom. The van der Waals surface area contributed by atoms with Gasteiger partial charge < -0.3 is 19.7 Å². The molecule has 2 aromatic carbocycles. The van der Waals surface area contributed by atoms with Crippen LogP contribution < -0.4 is 4.74 Å². The monoisotopic (exact) mass is 519 g/mol. The van der Waals surface area contributed by atoms with Crippen molar-refractivity contribution in [1.29, 1.82) is 0 Å². The summed E-state index contributed by atoms with van der Waals surface area (Å²) in [4.78, 5) is 10.8. The molecule has 1 saturated carbocycles. The zero-order valence-electron chi connectivity index (χ0n) is 21.1. The Bertz CT molecular complexity index is 1550. The van der Waals surface area contributed by atoms with Crippen LogP contribution in [0.3, 0.4) is 0 Å². The number of hydrogen-bond acceptors (Lipinski definition) is 6. The fourth-order valence-corrected chi connectivity index (χ4v) is 7.05. The van der Waals surface area contributed by atoms with Gasteiger partial charge in [0, 0.05) is 36.6 Å². The molecule has 194 valence electrons. The number of rotatable bonds is 8. The van der Waals surface area contributed by atoms with E-state index in [2.05, 4.69) is 20.9 Å². The van der Waals surface area contributed by atoms with Crippen molar-refractivity contribution in [3.05, 3.63) is 54.2 Å². The zero-order chi connectivity index (χ0) is 25.6. The number of nitrogens with one attached hydrogen (secondary N) is 1. The number of likely N-dealkylation sites (tertiary alicyclic amines) is 1. The molecule has 6 rings (SSSR count). The largest absolute Gasteiger partial charge is 0.491 e. The first-order valence-corrected chi connectivity index (χ1v) is 14.7. The summed E-state index contributed by atoms with van der Waals surface area (Å²) in [5, 5.41) is 11.5. The molecule has 1 saturated heterocycles. The molecule has 0 amide bonds. The van der Waals surface area contributed by atoms with E-state index in [0.717, 1.165) is 96.1 Å². The summed E-state index contributed by atoms with van der Waals surface area (Å²) in [5.74, 6) is 0.769. The molecule has 0 radical (unpaired) electrons. The van der Waals surface area contributed by atoms with Crippen molar-refractivity contribution < 1.29 is 18.3 Å². The maximum atomic E-state index is 12.9. The highest BCUT2D eigenvalue weighted by Gasteiger charge is 2.37. The molecule has 7 nitrogen and oxygen atoms in total. The summed E-state index contributed by atoms with van der Waals surface area (Å²) in [6, 6.07) is 13.4. The van der Waals surface area contributed by atoms with Crippen LogP contribution in [-0.4, -0.2) is 66.0 Å². The lowest BCUT2D eigenvalue weighted by Crippen LogP contribution is -2.36. The van der Waals surface area contributed by atoms with Crippen LogP contribution in [0.1, 0.15) is 37.7 Å². The lowest BCUT2D eigenvalue weighted by atomic mass is 9.99. The van der Waals surface area contributed by atoms with E-state index in [1.165, 1.54) is 0 Å². The summed E-state index contributed by atoms with van der Waals surface area (Å²) in [6.07, 6.45) is 5.76. The number of aliphatic hydroxyl groups is 1. The average Bonchev–Trinajstić information content (AvgIpc) is 3.70. The molecule has 3 heterocycles. The van der Waals surface area contributed by atoms with Gasteiger partial charge >= 0.3 is 0 Å². The predicted molar refractivity (Wildman–Crippen MR) is 146 cm³/mol. The molecular weight excluding hydrogens is 486 g/mol. The molecule has 0 atom stereocenters. The van der Waals surface area contributed by atoms with Crippen molar-refractivity contribution in [2.45, 2.75) is 55.3 Å². The number of aromatic amines is 1. The number of ether oxygens (including phenoxy) is 1. The lowest BCUT2D eigenvalue weighted by molar-refractivity contribution is 0.0800. The number of nitrogens with zero attached hydrogens (tertiary/aromatic N) is 2. The number of hydrogen-bond donors (Lipinski definition) is 2. The topological polar surface area (TPSA) is 95.5 Å². The smallest absolute Gasteiger partial charge is 0.181 e. The van der Waals surface area contributed by atoms with Gasteiger partial charge in [-0.25, -0.2) is 13.4 Å². The van der Waals surface area contributed by atoms with Gasteiger partial charge in [0.15, 0.2) is 9.84 Å². The number of pyridine rings is 1. The second-order valence-electron chi connectivity index (χ2n) is 10.4. The number of piperidine rings is 1. The second-order valence-corrected chi connectivity index (χ2v) is 12.7. The highest BCUT2D eigenvalue weighted by molar-refractivity contribution is 7.92. The van der Waals surface area contributed by atoms with Crippen molar-refractivity contribution >= 4 is 31.8 Å². The first-order chi connectivity index (χ1) is 17.9. The Hall–Kier alpha value is -2.94. The maximum Gasteiger partial charge on any atom is 0.181 e. The summed E-state index contributed by atoms with van der Waals surface area (Å²) >= 11 is 0. The molecule has 2 N–H and O–H groups in total. The van der Waals surface area contributed by atoms with Crippen molar-refractivity contribution in [1.82, 2.24) is 14.9 Å². The van der Waals surface area contributed by atoms with E-state index in [0.29, 0.717) is 11.5 Å². The molecule has 37 heavy (non-hydrogen) atoms. The first-order valence-electron chi connectivity index (χ1n) is 13.2. The number of sulfone groups is 1. The summed E-state index contributed by atoms with van der Waals surface area (Å²) in [5.41, 5.74) is 4.55. The van der Waals surface area contributed by atoms with Gasteiger partial charge in [-0.05, 0) is 86.1 Å². The van der Waals surface area contributed by atoms with Crippen molar-refractivity contribution in [2.75, 3.05) is 26.2 Å². The molecule has 2 aromatic heterocycles. The van der Waals surface area contributed by atoms with Crippen LogP contribution in [0, 0.1) is 6.92 Å². The molecule has 2 aliphatic rings. The Balaban J connectivity index is 1.33. The van der Waals surface area contributed by atoms with Gasteiger partial charge in [0.05, 0.1) is 28.4 Å². The molecule has 4 aromatic rings. The van der Waals surface area contributed by atoms with Crippen LogP contribution in [0.2, 0.25) is 0 Å². The molecule has 0 bridgehead atoms. The predicted octanol–water partition coefficient (Wildman–Crippen LogP) is 4.85. The molecule has 0 unspecified atom stereocenters. The highest BCUT2D eigenvalue weighted by Crippen LogP contribution is 2.40. The number of H-pyrrole nitrogens is 1. The summed E-state index contributed by atoms with van der Waals surface area (Å²) < 4.78 is 32.1. The van der Waals surface area contributed by atoms with Gasteiger partial charge in [0.25, 0.3) is 0 Å². The Morgan fingerprint density at radius 2 is 1.92 bits per heavy atom. The molecule has 0 spiro atoms. The standard InChI is InChI=1S/C29H33N3O4S/c1-19-16-25-27-24(20-4-2-5-23(17-20)37(34,35)22-6-7-22)8-9-26(28(27)31-29(25)30-18-19)36-15-3-12-32-13-10-21(33)11-14-32/h2,4-5,8-9,16-18,21-22,33H,3,6-7,10-15H2,1H3,(H,30,31). The van der Waals surface area contributed by atoms with Crippen LogP contribution in [0.25, 0.3) is 33.1 Å². The van der Waals surface area contributed by atoms with Gasteiger partial charge in [-0.2, -0.15) is 0 Å². The van der Waals surface area contributed by atoms with Crippen LogP contribution in [0.4, 0.5) is 0 Å². The van der Waals surface area contributed by atoms with Gasteiger partial charge in [-0.15, -0.1) is 0 Å². The third-order valence-electron chi connectivity index (χ3n) is 7.57. The number of aromatic nitrogens is 2. The minimum absolute atomic E-state index is 0.159. The van der Waals surface area contributed by atoms with Crippen LogP contribution in [0.5, 0.6) is 5.75 Å². The van der Waals surface area contributed by atoms with E-state index in [1.807, 2.05) is 37.4 Å². The zero-order valence-corrected chi connectivity index (χ0v) is 21.9. The normalized spacial score (nSPS) is 17.6. The van der Waals surface area contributed by atoms with E-state index < -0.39 is 9.84 Å². The average molecular weight is 520 g/mol. The first kappa shape index (κ1) is 24.4. The fourth-order valence-electron chi connectivity index (χ4n) is 5.35. The van der Waals surface area contributed by atoms with Crippen molar-refractivity contribution in [3.8, 4) is 16.9 Å². The molecule has 1 aliphatic carbocycles. The van der Waals surface area contributed by atoms with Gasteiger partial charge in [-0.1, -0.05) is 12.1 Å². The van der Waals surface area contributed by atoms with Gasteiger partial charge in [-0.3, -0.25) is 0 Å². The molecule has 8 heteroatoms. The van der Waals surface area contributed by atoms with Gasteiger partial charge in [0.2, 0.25) is 0 Å². The fraction of sp³-hybridized carbons (Fsp3) is 0.414. The lowest BCUT2D eigenvalue weighted by Gasteiger charge is -2.29. The second kappa shape index (κ2) is 9.74. The van der Waals surface area contributed by atoms with E-state index in [4.69, 9.17) is 4.74 Å². The van der Waals surface area contributed by atoms with E-state index in [9.17, 15) is 13.5 Å². The molecule has 1 aliphatic heterocycles. The summed E-state index contributed by atoms with van der Waals surface area (Å²) in [6.45, 7) is 5.42. The van der Waals surface area contributed by atoms with Crippen molar-refractivity contribution in [3.63, 3.8) is 0 Å². The minimum atomic E-state index is -3.28. The van der Waals surface area contributed by atoms with E-state index >= 15 is 0 Å². The minimum Gasteiger partial charge on any atom is -0.491 e. The van der Waals surface area contributed by atoms with Crippen LogP contribution in [0.15, 0.2) is 53.6 Å². The Kier molecular flexibility index (Phi) is 6.42. The quantitative estimate of drug-likeness (QED) is 0.323. The molecular formula is C29H33N3O4S. The highest BCUT2D eigenvalue weighted by atomic mass is 32.2. The van der Waals surface area contributed by atoms with Crippen LogP contribution >= 0.6 is 0 Å².